The van der Waals surface area contributed by atoms with Gasteiger partial charge in [0.25, 0.3) is 10.1 Å². The Morgan fingerprint density at radius 2 is 1.71 bits per heavy atom. The lowest BCUT2D eigenvalue weighted by Crippen LogP contribution is -1.99. The second-order valence-electron chi connectivity index (χ2n) is 6.12. The summed E-state index contributed by atoms with van der Waals surface area (Å²) in [5, 5.41) is 1.03. The number of nitrogens with zero attached hydrogens (tertiary/aromatic N) is 2. The molecule has 0 unspecified atom stereocenters. The summed E-state index contributed by atoms with van der Waals surface area (Å²) in [6, 6.07) is 13.4. The molecule has 3 aromatic carbocycles. The molecule has 0 aliphatic heterocycles. The Hall–Kier alpha value is -3.23. The van der Waals surface area contributed by atoms with Crippen molar-refractivity contribution in [1.82, 2.24) is 9.97 Å². The summed E-state index contributed by atoms with van der Waals surface area (Å²) in [5.41, 5.74) is 2.49. The fraction of sp³-hybridized carbons (Fsp3) is 0.100. The third kappa shape index (κ3) is 3.12. The molecule has 0 atom stereocenters. The zero-order valence-electron chi connectivity index (χ0n) is 15.1. The molecule has 0 aliphatic rings. The summed E-state index contributed by atoms with van der Waals surface area (Å²) in [4.78, 5) is 8.90. The van der Waals surface area contributed by atoms with Crippen molar-refractivity contribution in [3.8, 4) is 22.8 Å². The molecular weight excluding hydrogens is 380 g/mol. The van der Waals surface area contributed by atoms with Crippen molar-refractivity contribution in [3.05, 3.63) is 54.7 Å². The zero-order chi connectivity index (χ0) is 19.9. The second-order valence-corrected chi connectivity index (χ2v) is 7.51. The molecular formula is C20H16N2O5S. The van der Waals surface area contributed by atoms with E-state index in [4.69, 9.17) is 9.47 Å². The second kappa shape index (κ2) is 6.74. The number of ether oxygens (including phenoxy) is 2. The Kier molecular flexibility index (Phi) is 4.37. The van der Waals surface area contributed by atoms with Crippen LogP contribution in [-0.2, 0) is 10.1 Å². The lowest BCUT2D eigenvalue weighted by Gasteiger charge is -2.10. The summed E-state index contributed by atoms with van der Waals surface area (Å²) in [7, 11) is -1.24. The minimum atomic E-state index is -4.36. The zero-order valence-corrected chi connectivity index (χ0v) is 15.9. The van der Waals surface area contributed by atoms with Crippen molar-refractivity contribution in [2.24, 2.45) is 0 Å². The van der Waals surface area contributed by atoms with Crippen LogP contribution in [0.15, 0.2) is 59.6 Å². The molecule has 1 N–H and O–H groups in total. The Balaban J connectivity index is 1.92. The van der Waals surface area contributed by atoms with Crippen LogP contribution in [0.2, 0.25) is 0 Å². The predicted octanol–water partition coefficient (Wildman–Crippen LogP) is 3.71. The Bertz CT molecular complexity index is 1320. The quantitative estimate of drug-likeness (QED) is 0.415. The molecule has 8 heteroatoms. The van der Waals surface area contributed by atoms with Gasteiger partial charge in [-0.1, -0.05) is 12.1 Å². The minimum Gasteiger partial charge on any atom is -0.493 e. The molecule has 0 radical (unpaired) electrons. The highest BCUT2D eigenvalue weighted by Gasteiger charge is 2.15. The molecule has 0 saturated heterocycles. The monoisotopic (exact) mass is 396 g/mol. The summed E-state index contributed by atoms with van der Waals surface area (Å²) < 4.78 is 43.5. The van der Waals surface area contributed by atoms with Gasteiger partial charge in [-0.2, -0.15) is 8.42 Å². The Morgan fingerprint density at radius 3 is 2.43 bits per heavy atom. The van der Waals surface area contributed by atoms with E-state index in [0.29, 0.717) is 39.0 Å². The number of hydrogen-bond acceptors (Lipinski definition) is 6. The van der Waals surface area contributed by atoms with Gasteiger partial charge in [0.1, 0.15) is 4.90 Å². The average Bonchev–Trinajstić information content (AvgIpc) is 2.70. The fourth-order valence-electron chi connectivity index (χ4n) is 3.12. The molecule has 1 heterocycles. The topological polar surface area (TPSA) is 98.6 Å². The van der Waals surface area contributed by atoms with E-state index in [2.05, 4.69) is 9.97 Å². The maximum absolute atomic E-state index is 11.7. The van der Waals surface area contributed by atoms with Crippen LogP contribution in [0.1, 0.15) is 0 Å². The van der Waals surface area contributed by atoms with Crippen molar-refractivity contribution in [1.29, 1.82) is 0 Å². The number of fused-ring (bicyclic) bond motifs is 2. The number of rotatable bonds is 4. The van der Waals surface area contributed by atoms with E-state index < -0.39 is 10.1 Å². The molecule has 7 nitrogen and oxygen atoms in total. The van der Waals surface area contributed by atoms with Gasteiger partial charge >= 0.3 is 0 Å². The highest BCUT2D eigenvalue weighted by molar-refractivity contribution is 7.86. The third-order valence-electron chi connectivity index (χ3n) is 4.46. The van der Waals surface area contributed by atoms with E-state index in [-0.39, 0.29) is 4.90 Å². The largest absolute Gasteiger partial charge is 0.493 e. The smallest absolute Gasteiger partial charge is 0.295 e. The molecule has 1 aromatic heterocycles. The summed E-state index contributed by atoms with van der Waals surface area (Å²) >= 11 is 0. The van der Waals surface area contributed by atoms with Crippen LogP contribution in [0.5, 0.6) is 11.5 Å². The van der Waals surface area contributed by atoms with Gasteiger partial charge in [-0.3, -0.25) is 9.54 Å². The SMILES string of the molecule is COc1ccc(-c2cnc3cc4cccc(S(=O)(=O)O)c4cc3n2)cc1OC. The van der Waals surface area contributed by atoms with Gasteiger partial charge in [0.2, 0.25) is 0 Å². The molecule has 0 spiro atoms. The molecule has 4 rings (SSSR count). The maximum Gasteiger partial charge on any atom is 0.295 e. The minimum absolute atomic E-state index is 0.162. The van der Waals surface area contributed by atoms with E-state index in [1.54, 1.807) is 56.8 Å². The van der Waals surface area contributed by atoms with Gasteiger partial charge in [-0.15, -0.1) is 0 Å². The van der Waals surface area contributed by atoms with Crippen molar-refractivity contribution >= 4 is 31.9 Å². The van der Waals surface area contributed by atoms with E-state index in [1.165, 1.54) is 6.07 Å². The third-order valence-corrected chi connectivity index (χ3v) is 5.37. The van der Waals surface area contributed by atoms with Gasteiger partial charge in [-0.25, -0.2) is 4.98 Å². The molecule has 0 fully saturated rings. The molecule has 0 amide bonds. The van der Waals surface area contributed by atoms with Gasteiger partial charge in [-0.05, 0) is 41.8 Å². The number of methoxy groups -OCH3 is 2. The van der Waals surface area contributed by atoms with E-state index >= 15 is 0 Å². The van der Waals surface area contributed by atoms with E-state index in [0.717, 1.165) is 5.56 Å². The van der Waals surface area contributed by atoms with Crippen LogP contribution in [0.25, 0.3) is 33.1 Å². The first-order chi connectivity index (χ1) is 13.4. The molecule has 142 valence electrons. The van der Waals surface area contributed by atoms with E-state index in [9.17, 15) is 13.0 Å². The molecule has 0 aliphatic carbocycles. The fourth-order valence-corrected chi connectivity index (χ4v) is 3.82. The van der Waals surface area contributed by atoms with Crippen LogP contribution < -0.4 is 9.47 Å². The predicted molar refractivity (Wildman–Crippen MR) is 105 cm³/mol. The highest BCUT2D eigenvalue weighted by atomic mass is 32.2. The van der Waals surface area contributed by atoms with E-state index in [1.807, 2.05) is 6.07 Å². The van der Waals surface area contributed by atoms with Gasteiger partial charge in [0.05, 0.1) is 37.1 Å². The Labute approximate surface area is 161 Å². The van der Waals surface area contributed by atoms with Crippen molar-refractivity contribution in [3.63, 3.8) is 0 Å². The maximum atomic E-state index is 11.7. The van der Waals surface area contributed by atoms with Gasteiger partial charge < -0.3 is 9.47 Å². The van der Waals surface area contributed by atoms with Crippen LogP contribution in [0, 0.1) is 0 Å². The first kappa shape index (κ1) is 18.1. The number of hydrogen-bond donors (Lipinski definition) is 1. The van der Waals surface area contributed by atoms with Crippen LogP contribution in [-0.4, -0.2) is 37.2 Å². The highest BCUT2D eigenvalue weighted by Crippen LogP contribution is 2.32. The molecule has 28 heavy (non-hydrogen) atoms. The first-order valence-electron chi connectivity index (χ1n) is 8.30. The first-order valence-corrected chi connectivity index (χ1v) is 9.74. The van der Waals surface area contributed by atoms with Gasteiger partial charge in [0, 0.05) is 10.9 Å². The van der Waals surface area contributed by atoms with Crippen LogP contribution in [0.3, 0.4) is 0 Å². The number of benzene rings is 3. The van der Waals surface area contributed by atoms with Gasteiger partial charge in [0.15, 0.2) is 11.5 Å². The standard InChI is InChI=1S/C20H16N2O5S/c1-26-18-7-6-13(9-19(18)27-2)17-11-21-15-8-12-4-3-5-20(28(23,24)25)14(12)10-16(15)22-17/h3-11H,1-2H3,(H,23,24,25). The molecule has 0 bridgehead atoms. The van der Waals surface area contributed by atoms with Crippen molar-refractivity contribution < 1.29 is 22.4 Å². The number of aromatic nitrogens is 2. The lowest BCUT2D eigenvalue weighted by atomic mass is 10.1. The summed E-state index contributed by atoms with van der Waals surface area (Å²) in [5.74, 6) is 1.16. The normalized spacial score (nSPS) is 11.7. The average molecular weight is 396 g/mol. The molecule has 0 saturated carbocycles. The summed E-state index contributed by atoms with van der Waals surface area (Å²) in [6.07, 6.45) is 1.64. The summed E-state index contributed by atoms with van der Waals surface area (Å²) in [6.45, 7) is 0. The van der Waals surface area contributed by atoms with Crippen molar-refractivity contribution in [2.45, 2.75) is 4.90 Å². The van der Waals surface area contributed by atoms with Crippen molar-refractivity contribution in [2.75, 3.05) is 14.2 Å². The van der Waals surface area contributed by atoms with Crippen LogP contribution in [0.4, 0.5) is 0 Å². The molecule has 4 aromatic rings. The Morgan fingerprint density at radius 1 is 0.929 bits per heavy atom. The lowest BCUT2D eigenvalue weighted by molar-refractivity contribution is 0.355. The van der Waals surface area contributed by atoms with Crippen LogP contribution >= 0.6 is 0 Å².